The van der Waals surface area contributed by atoms with Crippen LogP contribution in [0.15, 0.2) is 65.6 Å². The van der Waals surface area contributed by atoms with Crippen molar-refractivity contribution >= 4 is 32.5 Å². The van der Waals surface area contributed by atoms with Crippen molar-refractivity contribution in [2.45, 2.75) is 17.9 Å². The molecule has 1 aliphatic rings. The summed E-state index contributed by atoms with van der Waals surface area (Å²) in [5.74, 6) is -0.292. The molecule has 4 rings (SSSR count). The first-order chi connectivity index (χ1) is 13.9. The fraction of sp³-hybridized carbons (Fsp3) is 0.143. The molecule has 3 aromatic carbocycles. The van der Waals surface area contributed by atoms with Crippen LogP contribution < -0.4 is 16.2 Å². The number of amides is 3. The molecule has 0 saturated heterocycles. The van der Waals surface area contributed by atoms with Gasteiger partial charge in [-0.2, -0.15) is 0 Å². The second kappa shape index (κ2) is 7.56. The molecule has 0 atom stereocenters. The van der Waals surface area contributed by atoms with Crippen LogP contribution in [0.3, 0.4) is 0 Å². The summed E-state index contributed by atoms with van der Waals surface area (Å²) in [4.78, 5) is 24.8. The zero-order chi connectivity index (χ0) is 20.4. The van der Waals surface area contributed by atoms with E-state index in [0.29, 0.717) is 16.9 Å². The van der Waals surface area contributed by atoms with Crippen LogP contribution in [-0.2, 0) is 22.8 Å². The highest BCUT2D eigenvalue weighted by Crippen LogP contribution is 2.26. The SMILES string of the molecule is O=C(NCc1ccc2c(c1)CCS2(=O)=O)NNC(=O)c1cccc2ccccc12. The Morgan fingerprint density at radius 3 is 2.59 bits per heavy atom. The van der Waals surface area contributed by atoms with Crippen LogP contribution in [0.4, 0.5) is 4.79 Å². The third-order valence-corrected chi connectivity index (χ3v) is 6.69. The number of rotatable bonds is 3. The van der Waals surface area contributed by atoms with Gasteiger partial charge in [-0.3, -0.25) is 10.2 Å². The van der Waals surface area contributed by atoms with Gasteiger partial charge in [0, 0.05) is 12.1 Å². The van der Waals surface area contributed by atoms with Crippen LogP contribution in [0, 0.1) is 0 Å². The average Bonchev–Trinajstić information content (AvgIpc) is 3.04. The largest absolute Gasteiger partial charge is 0.333 e. The van der Waals surface area contributed by atoms with E-state index in [1.54, 1.807) is 30.3 Å². The molecule has 0 bridgehead atoms. The summed E-state index contributed by atoms with van der Waals surface area (Å²) in [6.07, 6.45) is 0.485. The maximum absolute atomic E-state index is 12.4. The standard InChI is InChI=1S/C21H19N3O4S/c25-20(18-7-3-5-15-4-1-2-6-17(15)18)23-24-21(26)22-13-14-8-9-19-16(12-14)10-11-29(19,27)28/h1-9,12H,10-11,13H2,(H,23,25)(H2,22,24,26). The third-order valence-electron chi connectivity index (χ3n) is 4.88. The van der Waals surface area contributed by atoms with E-state index < -0.39 is 21.8 Å². The minimum atomic E-state index is -3.16. The number of sulfone groups is 1. The van der Waals surface area contributed by atoms with E-state index in [1.165, 1.54) is 0 Å². The Bertz CT molecular complexity index is 1220. The van der Waals surface area contributed by atoms with Crippen LogP contribution in [0.2, 0.25) is 0 Å². The van der Waals surface area contributed by atoms with E-state index in [0.717, 1.165) is 21.9 Å². The molecular weight excluding hydrogens is 390 g/mol. The summed E-state index contributed by atoms with van der Waals surface area (Å²) < 4.78 is 23.7. The first-order valence-electron chi connectivity index (χ1n) is 9.10. The van der Waals surface area contributed by atoms with Crippen LogP contribution in [-0.4, -0.2) is 26.1 Å². The molecule has 0 spiro atoms. The molecular formula is C21H19N3O4S. The quantitative estimate of drug-likeness (QED) is 0.578. The number of nitrogens with one attached hydrogen (secondary N) is 3. The lowest BCUT2D eigenvalue weighted by atomic mass is 10.0. The van der Waals surface area contributed by atoms with Gasteiger partial charge in [0.1, 0.15) is 0 Å². The summed E-state index contributed by atoms with van der Waals surface area (Å²) in [6, 6.07) is 17.4. The number of urea groups is 1. The third kappa shape index (κ3) is 3.93. The molecule has 3 N–H and O–H groups in total. The van der Waals surface area contributed by atoms with E-state index in [-0.39, 0.29) is 12.3 Å². The summed E-state index contributed by atoms with van der Waals surface area (Å²) in [5.41, 5.74) is 6.76. The van der Waals surface area contributed by atoms with Gasteiger partial charge in [0.25, 0.3) is 5.91 Å². The van der Waals surface area contributed by atoms with Crippen molar-refractivity contribution < 1.29 is 18.0 Å². The Labute approximate surface area is 168 Å². The number of hydrogen-bond donors (Lipinski definition) is 3. The fourth-order valence-corrected chi connectivity index (χ4v) is 4.97. The van der Waals surface area contributed by atoms with Gasteiger partial charge in [-0.25, -0.2) is 18.6 Å². The molecule has 0 aliphatic carbocycles. The van der Waals surface area contributed by atoms with Crippen LogP contribution in [0.25, 0.3) is 10.8 Å². The molecule has 0 radical (unpaired) electrons. The summed E-state index contributed by atoms with van der Waals surface area (Å²) >= 11 is 0. The lowest BCUT2D eigenvalue weighted by Gasteiger charge is -2.11. The van der Waals surface area contributed by atoms with Crippen molar-refractivity contribution in [3.63, 3.8) is 0 Å². The molecule has 3 aromatic rings. The lowest BCUT2D eigenvalue weighted by molar-refractivity contribution is 0.0938. The Morgan fingerprint density at radius 1 is 0.931 bits per heavy atom. The first-order valence-corrected chi connectivity index (χ1v) is 10.8. The highest BCUT2D eigenvalue weighted by atomic mass is 32.2. The van der Waals surface area contributed by atoms with E-state index in [4.69, 9.17) is 0 Å². The normalized spacial score (nSPS) is 14.2. The molecule has 0 aromatic heterocycles. The average molecular weight is 409 g/mol. The zero-order valence-electron chi connectivity index (χ0n) is 15.4. The number of aryl methyl sites for hydroxylation is 1. The number of fused-ring (bicyclic) bond motifs is 2. The second-order valence-electron chi connectivity index (χ2n) is 6.80. The molecule has 148 valence electrons. The summed E-state index contributed by atoms with van der Waals surface area (Å²) in [5, 5.41) is 4.37. The van der Waals surface area contributed by atoms with Crippen LogP contribution in [0.1, 0.15) is 21.5 Å². The van der Waals surface area contributed by atoms with Gasteiger partial charge in [0.2, 0.25) is 0 Å². The van der Waals surface area contributed by atoms with Crippen LogP contribution >= 0.6 is 0 Å². The molecule has 0 fully saturated rings. The second-order valence-corrected chi connectivity index (χ2v) is 8.88. The van der Waals surface area contributed by atoms with Gasteiger partial charge in [0.15, 0.2) is 9.84 Å². The molecule has 0 unspecified atom stereocenters. The van der Waals surface area contributed by atoms with Crippen molar-refractivity contribution in [1.82, 2.24) is 16.2 Å². The number of benzene rings is 3. The smallest absolute Gasteiger partial charge is 0.333 e. The Balaban J connectivity index is 1.34. The van der Waals surface area contributed by atoms with Crippen molar-refractivity contribution in [2.75, 3.05) is 5.75 Å². The van der Waals surface area contributed by atoms with E-state index in [9.17, 15) is 18.0 Å². The molecule has 8 heteroatoms. The van der Waals surface area contributed by atoms with Gasteiger partial charge in [-0.05, 0) is 40.5 Å². The Kier molecular flexibility index (Phi) is 4.94. The van der Waals surface area contributed by atoms with Gasteiger partial charge in [-0.1, -0.05) is 48.5 Å². The molecule has 1 aliphatic heterocycles. The fourth-order valence-electron chi connectivity index (χ4n) is 3.43. The molecule has 0 saturated carbocycles. The Morgan fingerprint density at radius 2 is 1.72 bits per heavy atom. The van der Waals surface area contributed by atoms with Gasteiger partial charge >= 0.3 is 6.03 Å². The van der Waals surface area contributed by atoms with Crippen molar-refractivity contribution in [3.8, 4) is 0 Å². The summed E-state index contributed by atoms with van der Waals surface area (Å²) in [6.45, 7) is 0.212. The van der Waals surface area contributed by atoms with E-state index >= 15 is 0 Å². The maximum Gasteiger partial charge on any atom is 0.333 e. The molecule has 29 heavy (non-hydrogen) atoms. The van der Waals surface area contributed by atoms with E-state index in [2.05, 4.69) is 16.2 Å². The lowest BCUT2D eigenvalue weighted by Crippen LogP contribution is -2.46. The van der Waals surface area contributed by atoms with Gasteiger partial charge in [-0.15, -0.1) is 0 Å². The van der Waals surface area contributed by atoms with E-state index in [1.807, 2.05) is 30.3 Å². The van der Waals surface area contributed by atoms with Crippen molar-refractivity contribution in [1.29, 1.82) is 0 Å². The van der Waals surface area contributed by atoms with Gasteiger partial charge < -0.3 is 5.32 Å². The number of hydrazine groups is 1. The number of carbonyl (C=O) groups is 2. The predicted octanol–water partition coefficient (Wildman–Crippen LogP) is 2.31. The maximum atomic E-state index is 12.4. The zero-order valence-corrected chi connectivity index (χ0v) is 16.3. The van der Waals surface area contributed by atoms with Crippen LogP contribution in [0.5, 0.6) is 0 Å². The molecule has 3 amide bonds. The Hall–Kier alpha value is -3.39. The minimum Gasteiger partial charge on any atom is -0.333 e. The van der Waals surface area contributed by atoms with Crippen molar-refractivity contribution in [2.24, 2.45) is 0 Å². The van der Waals surface area contributed by atoms with Crippen molar-refractivity contribution in [3.05, 3.63) is 77.4 Å². The first kappa shape index (κ1) is 18.9. The topological polar surface area (TPSA) is 104 Å². The molecule has 1 heterocycles. The molecule has 7 nitrogen and oxygen atoms in total. The summed E-state index contributed by atoms with van der Waals surface area (Å²) in [7, 11) is -3.16. The van der Waals surface area contributed by atoms with Gasteiger partial charge in [0.05, 0.1) is 10.6 Å². The predicted molar refractivity (Wildman–Crippen MR) is 109 cm³/mol. The number of hydrogen-bond acceptors (Lipinski definition) is 4. The highest BCUT2D eigenvalue weighted by Gasteiger charge is 2.25. The minimum absolute atomic E-state index is 0.125. The highest BCUT2D eigenvalue weighted by molar-refractivity contribution is 7.91. The number of carbonyl (C=O) groups excluding carboxylic acids is 2. The monoisotopic (exact) mass is 409 g/mol.